The van der Waals surface area contributed by atoms with E-state index < -0.39 is 0 Å². The zero-order valence-electron chi connectivity index (χ0n) is 14.0. The lowest BCUT2D eigenvalue weighted by Crippen LogP contribution is -2.14. The lowest BCUT2D eigenvalue weighted by atomic mass is 10.2. The highest BCUT2D eigenvalue weighted by atomic mass is 32.2. The molecule has 0 atom stereocenters. The molecule has 3 N–H and O–H groups in total. The van der Waals surface area contributed by atoms with Crippen molar-refractivity contribution < 1.29 is 4.79 Å². The number of hydrazone groups is 1. The molecule has 2 heterocycles. The number of hydrogen-bond donors (Lipinski definition) is 2. The van der Waals surface area contributed by atoms with Gasteiger partial charge in [0.2, 0.25) is 5.16 Å². The Balaban J connectivity index is 1.62. The van der Waals surface area contributed by atoms with Crippen LogP contribution < -0.4 is 11.3 Å². The van der Waals surface area contributed by atoms with E-state index in [4.69, 9.17) is 5.84 Å². The molecule has 3 aromatic rings. The average Bonchev–Trinajstić information content (AvgIpc) is 3.05. The molecule has 9 heteroatoms. The summed E-state index contributed by atoms with van der Waals surface area (Å²) in [7, 11) is 0. The number of rotatable bonds is 7. The van der Waals surface area contributed by atoms with Gasteiger partial charge in [0.05, 0.1) is 17.2 Å². The molecular weight excluding hydrogens is 350 g/mol. The largest absolute Gasteiger partial charge is 0.334 e. The lowest BCUT2D eigenvalue weighted by Gasteiger charge is -2.04. The maximum absolute atomic E-state index is 12.1. The molecule has 0 bridgehead atoms. The van der Waals surface area contributed by atoms with Crippen molar-refractivity contribution in [1.82, 2.24) is 19.9 Å². The smallest absolute Gasteiger partial charge is 0.264 e. The van der Waals surface area contributed by atoms with Crippen LogP contribution in [0.5, 0.6) is 0 Å². The Bertz CT molecular complexity index is 909. The predicted octanol–water partition coefficient (Wildman–Crippen LogP) is 2.20. The van der Waals surface area contributed by atoms with E-state index in [1.807, 2.05) is 43.3 Å². The maximum atomic E-state index is 12.1. The van der Waals surface area contributed by atoms with Crippen LogP contribution in [0.3, 0.4) is 0 Å². The number of thioether (sulfide) groups is 1. The summed E-state index contributed by atoms with van der Waals surface area (Å²) in [5, 5.41) is 12.6. The van der Waals surface area contributed by atoms with E-state index in [2.05, 4.69) is 25.7 Å². The second-order valence-corrected chi connectivity index (χ2v) is 6.22. The van der Waals surface area contributed by atoms with Crippen LogP contribution in [0, 0.1) is 0 Å². The fraction of sp³-hybridized carbons (Fsp3) is 0.118. The normalized spacial score (nSPS) is 11.3. The molecule has 26 heavy (non-hydrogen) atoms. The van der Waals surface area contributed by atoms with Gasteiger partial charge >= 0.3 is 0 Å². The van der Waals surface area contributed by atoms with Crippen LogP contribution in [0.4, 0.5) is 5.95 Å². The number of hydrogen-bond acceptors (Lipinski definition) is 8. The van der Waals surface area contributed by atoms with Gasteiger partial charge in [-0.15, -0.1) is 10.2 Å². The highest BCUT2D eigenvalue weighted by molar-refractivity contribution is 7.99. The number of nitrogens with one attached hydrogen (secondary N) is 1. The van der Waals surface area contributed by atoms with Gasteiger partial charge < -0.3 is 5.84 Å². The van der Waals surface area contributed by atoms with Crippen LogP contribution in [0.2, 0.25) is 0 Å². The number of pyridine rings is 1. The number of ketones is 1. The fourth-order valence-electron chi connectivity index (χ4n) is 2.06. The number of carbonyl (C=O) groups is 1. The van der Waals surface area contributed by atoms with Crippen molar-refractivity contribution in [3.05, 3.63) is 66.0 Å². The summed E-state index contributed by atoms with van der Waals surface area (Å²) in [5.41, 5.74) is 4.84. The van der Waals surface area contributed by atoms with Crippen LogP contribution in [-0.2, 0) is 0 Å². The van der Waals surface area contributed by atoms with Crippen LogP contribution in [-0.4, -0.2) is 37.1 Å². The number of benzene rings is 1. The Hall–Kier alpha value is -3.20. The molecule has 1 aromatic carbocycles. The van der Waals surface area contributed by atoms with E-state index in [9.17, 15) is 4.79 Å². The fourth-order valence-corrected chi connectivity index (χ4v) is 2.81. The zero-order valence-corrected chi connectivity index (χ0v) is 14.8. The first-order valence-electron chi connectivity index (χ1n) is 7.78. The van der Waals surface area contributed by atoms with Crippen LogP contribution in [0.15, 0.2) is 65.0 Å². The average molecular weight is 367 g/mol. The number of anilines is 1. The van der Waals surface area contributed by atoms with E-state index in [0.717, 1.165) is 5.69 Å². The molecular formula is C17H17N7OS. The van der Waals surface area contributed by atoms with Crippen LogP contribution in [0.1, 0.15) is 23.0 Å². The summed E-state index contributed by atoms with van der Waals surface area (Å²) in [6, 6.07) is 14.6. The summed E-state index contributed by atoms with van der Waals surface area (Å²) in [6.45, 7) is 1.82. The molecule has 0 radical (unpaired) electrons. The molecule has 0 aliphatic carbocycles. The van der Waals surface area contributed by atoms with E-state index in [1.54, 1.807) is 18.3 Å². The van der Waals surface area contributed by atoms with Crippen LogP contribution >= 0.6 is 11.8 Å². The van der Waals surface area contributed by atoms with Crippen molar-refractivity contribution in [2.75, 3.05) is 17.0 Å². The van der Waals surface area contributed by atoms with E-state index in [-0.39, 0.29) is 17.5 Å². The van der Waals surface area contributed by atoms with Gasteiger partial charge in [0.15, 0.2) is 5.78 Å². The lowest BCUT2D eigenvalue weighted by molar-refractivity contribution is 0.102. The quantitative estimate of drug-likeness (QED) is 0.216. The van der Waals surface area contributed by atoms with E-state index in [0.29, 0.717) is 16.4 Å². The third kappa shape index (κ3) is 4.25. The van der Waals surface area contributed by atoms with Gasteiger partial charge in [-0.2, -0.15) is 5.10 Å². The second-order valence-electron chi connectivity index (χ2n) is 5.28. The first-order valence-corrected chi connectivity index (χ1v) is 8.77. The molecule has 0 saturated heterocycles. The molecule has 0 unspecified atom stereocenters. The van der Waals surface area contributed by atoms with Gasteiger partial charge in [-0.1, -0.05) is 48.2 Å². The van der Waals surface area contributed by atoms with E-state index >= 15 is 0 Å². The number of nitrogens with two attached hydrogens (primary N) is 1. The second kappa shape index (κ2) is 8.26. The van der Waals surface area contributed by atoms with Gasteiger partial charge in [-0.3, -0.25) is 9.78 Å². The highest BCUT2D eigenvalue weighted by Crippen LogP contribution is 2.18. The van der Waals surface area contributed by atoms with Crippen molar-refractivity contribution in [2.45, 2.75) is 12.1 Å². The Morgan fingerprint density at radius 1 is 1.19 bits per heavy atom. The summed E-state index contributed by atoms with van der Waals surface area (Å²) in [6.07, 6.45) is 1.69. The zero-order chi connectivity index (χ0) is 18.4. The number of nitrogen functional groups attached to an aromatic ring is 1. The van der Waals surface area contributed by atoms with E-state index in [1.165, 1.54) is 16.4 Å². The van der Waals surface area contributed by atoms with Crippen molar-refractivity contribution in [3.8, 4) is 0 Å². The minimum atomic E-state index is -0.00266. The number of Topliss-reactive ketones (excluding diaryl/α,β-unsaturated/α-hetero) is 1. The Labute approximate surface area is 154 Å². The van der Waals surface area contributed by atoms with Crippen molar-refractivity contribution in [3.63, 3.8) is 0 Å². The van der Waals surface area contributed by atoms with Crippen LogP contribution in [0.25, 0.3) is 0 Å². The molecule has 0 aliphatic heterocycles. The summed E-state index contributed by atoms with van der Waals surface area (Å²) in [4.78, 5) is 16.4. The Kier molecular flexibility index (Phi) is 5.59. The number of nitrogens with zero attached hydrogens (tertiary/aromatic N) is 5. The van der Waals surface area contributed by atoms with Crippen molar-refractivity contribution >= 4 is 29.2 Å². The first-order chi connectivity index (χ1) is 12.6. The summed E-state index contributed by atoms with van der Waals surface area (Å²) >= 11 is 1.22. The molecule has 132 valence electrons. The van der Waals surface area contributed by atoms with Gasteiger partial charge in [0.1, 0.15) is 0 Å². The number of aromatic nitrogens is 4. The van der Waals surface area contributed by atoms with Gasteiger partial charge in [0, 0.05) is 11.8 Å². The van der Waals surface area contributed by atoms with Gasteiger partial charge in [-0.05, 0) is 19.1 Å². The first kappa shape index (κ1) is 17.6. The SMILES string of the molecule is C/C(=N\Nc1nnc(SCC(=O)c2ccccc2)n1N)c1ccccn1. The molecule has 2 aromatic heterocycles. The van der Waals surface area contributed by atoms with Crippen molar-refractivity contribution in [2.24, 2.45) is 5.10 Å². The molecule has 0 spiro atoms. The van der Waals surface area contributed by atoms with Gasteiger partial charge in [0.25, 0.3) is 5.95 Å². The summed E-state index contributed by atoms with van der Waals surface area (Å²) in [5.74, 6) is 6.45. The summed E-state index contributed by atoms with van der Waals surface area (Å²) < 4.78 is 1.26. The third-order valence-corrected chi connectivity index (χ3v) is 4.39. The monoisotopic (exact) mass is 367 g/mol. The highest BCUT2D eigenvalue weighted by Gasteiger charge is 2.13. The predicted molar refractivity (Wildman–Crippen MR) is 102 cm³/mol. The minimum Gasteiger partial charge on any atom is -0.334 e. The Morgan fingerprint density at radius 3 is 2.69 bits per heavy atom. The maximum Gasteiger partial charge on any atom is 0.264 e. The minimum absolute atomic E-state index is 0.00266. The molecule has 3 rings (SSSR count). The standard InChI is InChI=1S/C17H17N7OS/c1-12(14-9-5-6-10-19-14)20-21-16-22-23-17(24(16)18)26-11-15(25)13-7-3-2-4-8-13/h2-10H,11,18H2,1H3,(H,21,22)/b20-12+. The number of carbonyl (C=O) groups excluding carboxylic acids is 1. The molecule has 0 amide bonds. The third-order valence-electron chi connectivity index (χ3n) is 3.45. The molecule has 8 nitrogen and oxygen atoms in total. The molecule has 0 saturated carbocycles. The topological polar surface area (TPSA) is 111 Å². The molecule has 0 fully saturated rings. The van der Waals surface area contributed by atoms with Gasteiger partial charge in [-0.25, -0.2) is 10.1 Å². The Morgan fingerprint density at radius 2 is 1.96 bits per heavy atom. The molecule has 0 aliphatic rings. The van der Waals surface area contributed by atoms with Crippen molar-refractivity contribution in [1.29, 1.82) is 0 Å².